The summed E-state index contributed by atoms with van der Waals surface area (Å²) in [5, 5.41) is 4.21. The molecule has 11 heteroatoms. The number of piperidine rings is 1. The predicted octanol–water partition coefficient (Wildman–Crippen LogP) is 4.22. The number of hydrogen-bond donors (Lipinski definition) is 2. The number of aromatic amines is 1. The molecule has 0 radical (unpaired) electrons. The molecule has 2 atom stereocenters. The Morgan fingerprint density at radius 1 is 1.29 bits per heavy atom. The molecule has 1 saturated heterocycles. The van der Waals surface area contributed by atoms with Crippen LogP contribution in [-0.4, -0.2) is 65.3 Å². The maximum absolute atomic E-state index is 12.9. The molecule has 2 N–H and O–H groups in total. The van der Waals surface area contributed by atoms with E-state index in [0.29, 0.717) is 49.9 Å². The standard InChI is InChI=1S/C24H30ClN5O4S/c1-4-12-34-18-13-30(11-10-16(18)27-22(31)21-26-15(5-2)20(25)29-21)24-28-17-9-7-8-14(19(17)35-24)23(32)33-6-3/h7-9,16,18H,4-6,10-13H2,1-3H3,(H,26,29)(H,27,31)/t16-,18+/m1/s1. The Hall–Kier alpha value is -2.69. The molecule has 3 heterocycles. The fourth-order valence-electron chi connectivity index (χ4n) is 4.10. The predicted molar refractivity (Wildman–Crippen MR) is 137 cm³/mol. The molecule has 2 aromatic heterocycles. The lowest BCUT2D eigenvalue weighted by molar-refractivity contribution is 0.0204. The number of hydrogen-bond acceptors (Lipinski definition) is 8. The van der Waals surface area contributed by atoms with Crippen molar-refractivity contribution >= 4 is 50.2 Å². The molecule has 1 aliphatic heterocycles. The number of H-pyrrole nitrogens is 1. The molecule has 3 aromatic rings. The van der Waals surface area contributed by atoms with Crippen molar-refractivity contribution in [3.8, 4) is 0 Å². The number of benzene rings is 1. The number of aryl methyl sites for hydroxylation is 1. The van der Waals surface area contributed by atoms with Crippen LogP contribution in [-0.2, 0) is 15.9 Å². The minimum atomic E-state index is -0.344. The Balaban J connectivity index is 1.51. The van der Waals surface area contributed by atoms with Gasteiger partial charge in [-0.2, -0.15) is 0 Å². The third-order valence-corrected chi connectivity index (χ3v) is 7.36. The van der Waals surface area contributed by atoms with E-state index in [2.05, 4.69) is 27.1 Å². The van der Waals surface area contributed by atoms with Crippen LogP contribution in [0.3, 0.4) is 0 Å². The van der Waals surface area contributed by atoms with Crippen molar-refractivity contribution < 1.29 is 19.1 Å². The maximum atomic E-state index is 12.9. The summed E-state index contributed by atoms with van der Waals surface area (Å²) in [4.78, 5) is 39.3. The summed E-state index contributed by atoms with van der Waals surface area (Å²) in [6, 6.07) is 5.30. The van der Waals surface area contributed by atoms with Gasteiger partial charge in [0.05, 0.1) is 40.2 Å². The zero-order chi connectivity index (χ0) is 24.9. The van der Waals surface area contributed by atoms with Crippen molar-refractivity contribution in [1.82, 2.24) is 20.3 Å². The lowest BCUT2D eigenvalue weighted by Gasteiger charge is -2.38. The quantitative estimate of drug-likeness (QED) is 0.407. The Morgan fingerprint density at radius 2 is 2.11 bits per heavy atom. The monoisotopic (exact) mass is 519 g/mol. The van der Waals surface area contributed by atoms with Crippen LogP contribution in [0.1, 0.15) is 60.3 Å². The number of esters is 1. The second-order valence-corrected chi connectivity index (χ2v) is 9.64. The number of thiazole rings is 1. The molecular formula is C24H30ClN5O4S. The first-order chi connectivity index (χ1) is 16.9. The number of anilines is 1. The number of aromatic nitrogens is 3. The molecule has 1 aromatic carbocycles. The number of fused-ring (bicyclic) bond motifs is 1. The van der Waals surface area contributed by atoms with Gasteiger partial charge < -0.3 is 24.7 Å². The summed E-state index contributed by atoms with van der Waals surface area (Å²) < 4.78 is 12.2. The summed E-state index contributed by atoms with van der Waals surface area (Å²) in [5.74, 6) is -0.432. The van der Waals surface area contributed by atoms with Gasteiger partial charge in [-0.15, -0.1) is 0 Å². The highest BCUT2D eigenvalue weighted by atomic mass is 35.5. The van der Waals surface area contributed by atoms with E-state index in [9.17, 15) is 9.59 Å². The Bertz CT molecular complexity index is 1200. The van der Waals surface area contributed by atoms with Gasteiger partial charge in [-0.3, -0.25) is 4.79 Å². The van der Waals surface area contributed by atoms with Crippen LogP contribution in [0.2, 0.25) is 5.15 Å². The van der Waals surface area contributed by atoms with E-state index < -0.39 is 0 Å². The van der Waals surface area contributed by atoms with Crippen molar-refractivity contribution in [2.24, 2.45) is 0 Å². The number of nitrogens with zero attached hydrogens (tertiary/aromatic N) is 3. The first-order valence-electron chi connectivity index (χ1n) is 11.9. The zero-order valence-electron chi connectivity index (χ0n) is 20.1. The summed E-state index contributed by atoms with van der Waals surface area (Å²) in [6.07, 6.45) is 1.99. The van der Waals surface area contributed by atoms with Gasteiger partial charge in [0, 0.05) is 19.7 Å². The molecule has 0 saturated carbocycles. The molecule has 9 nitrogen and oxygen atoms in total. The van der Waals surface area contributed by atoms with E-state index in [4.69, 9.17) is 26.1 Å². The highest BCUT2D eigenvalue weighted by molar-refractivity contribution is 7.22. The second-order valence-electron chi connectivity index (χ2n) is 8.30. The van der Waals surface area contributed by atoms with Crippen LogP contribution in [0, 0.1) is 0 Å². The molecule has 1 amide bonds. The molecule has 0 aliphatic carbocycles. The Labute approximate surface area is 213 Å². The zero-order valence-corrected chi connectivity index (χ0v) is 21.7. The molecule has 4 rings (SSSR count). The molecule has 35 heavy (non-hydrogen) atoms. The van der Waals surface area contributed by atoms with Crippen molar-refractivity contribution in [3.63, 3.8) is 0 Å². The largest absolute Gasteiger partial charge is 0.462 e. The number of rotatable bonds is 9. The number of amides is 1. The first kappa shape index (κ1) is 25.4. The lowest BCUT2D eigenvalue weighted by atomic mass is 10.0. The van der Waals surface area contributed by atoms with Crippen molar-refractivity contribution in [3.05, 3.63) is 40.4 Å². The minimum Gasteiger partial charge on any atom is -0.462 e. The van der Waals surface area contributed by atoms with Crippen LogP contribution in [0.4, 0.5) is 5.13 Å². The van der Waals surface area contributed by atoms with E-state index >= 15 is 0 Å². The fourth-order valence-corrected chi connectivity index (χ4v) is 5.47. The highest BCUT2D eigenvalue weighted by Crippen LogP contribution is 2.33. The van der Waals surface area contributed by atoms with Gasteiger partial charge in [0.15, 0.2) is 16.1 Å². The van der Waals surface area contributed by atoms with E-state index in [1.54, 1.807) is 13.0 Å². The molecule has 0 bridgehead atoms. The molecule has 1 aliphatic rings. The van der Waals surface area contributed by atoms with Crippen LogP contribution >= 0.6 is 22.9 Å². The summed E-state index contributed by atoms with van der Waals surface area (Å²) in [5.41, 5.74) is 2.03. The van der Waals surface area contributed by atoms with Gasteiger partial charge in [0.25, 0.3) is 5.91 Å². The van der Waals surface area contributed by atoms with E-state index in [1.807, 2.05) is 19.1 Å². The third kappa shape index (κ3) is 5.60. The Morgan fingerprint density at radius 3 is 2.83 bits per heavy atom. The molecular weight excluding hydrogens is 490 g/mol. The smallest absolute Gasteiger partial charge is 0.339 e. The van der Waals surface area contributed by atoms with Crippen LogP contribution in [0.25, 0.3) is 10.2 Å². The number of imidazole rings is 1. The third-order valence-electron chi connectivity index (χ3n) is 5.88. The van der Waals surface area contributed by atoms with Gasteiger partial charge in [0.1, 0.15) is 0 Å². The average molecular weight is 520 g/mol. The van der Waals surface area contributed by atoms with Crippen molar-refractivity contribution in [2.45, 2.75) is 52.2 Å². The van der Waals surface area contributed by atoms with Gasteiger partial charge >= 0.3 is 5.97 Å². The first-order valence-corrected chi connectivity index (χ1v) is 13.1. The minimum absolute atomic E-state index is 0.177. The van der Waals surface area contributed by atoms with Gasteiger partial charge in [0.2, 0.25) is 0 Å². The number of carbonyl (C=O) groups is 2. The van der Waals surface area contributed by atoms with Crippen molar-refractivity contribution in [2.75, 3.05) is 31.2 Å². The SMILES string of the molecule is CCCO[C@H]1CN(c2nc3cccc(C(=O)OCC)c3s2)CC[C@H]1NC(=O)c1nc(Cl)c(CC)[nH]1. The number of ether oxygens (including phenoxy) is 2. The molecule has 1 fully saturated rings. The van der Waals surface area contributed by atoms with Gasteiger partial charge in [-0.1, -0.05) is 42.9 Å². The van der Waals surface area contributed by atoms with Crippen molar-refractivity contribution in [1.29, 1.82) is 0 Å². The summed E-state index contributed by atoms with van der Waals surface area (Å²) in [6.45, 7) is 7.95. The maximum Gasteiger partial charge on any atom is 0.339 e. The lowest BCUT2D eigenvalue weighted by Crippen LogP contribution is -2.55. The van der Waals surface area contributed by atoms with E-state index in [-0.39, 0.29) is 29.8 Å². The fraction of sp³-hybridized carbons (Fsp3) is 0.500. The van der Waals surface area contributed by atoms with Gasteiger partial charge in [-0.05, 0) is 38.3 Å². The number of halogens is 1. The van der Waals surface area contributed by atoms with Gasteiger partial charge in [-0.25, -0.2) is 14.8 Å². The summed E-state index contributed by atoms with van der Waals surface area (Å²) >= 11 is 7.58. The van der Waals surface area contributed by atoms with Crippen LogP contribution in [0.5, 0.6) is 0 Å². The topological polar surface area (TPSA) is 109 Å². The number of nitrogens with one attached hydrogen (secondary N) is 2. The van der Waals surface area contributed by atoms with Crippen LogP contribution < -0.4 is 10.2 Å². The molecule has 188 valence electrons. The number of carbonyl (C=O) groups excluding carboxylic acids is 2. The highest BCUT2D eigenvalue weighted by Gasteiger charge is 2.33. The van der Waals surface area contributed by atoms with E-state index in [0.717, 1.165) is 27.5 Å². The average Bonchev–Trinajstić information content (AvgIpc) is 3.46. The molecule has 0 unspecified atom stereocenters. The molecule has 0 spiro atoms. The van der Waals surface area contributed by atoms with E-state index in [1.165, 1.54) is 11.3 Å². The second kappa shape index (κ2) is 11.4. The van der Waals surface area contributed by atoms with Crippen LogP contribution in [0.15, 0.2) is 18.2 Å². The summed E-state index contributed by atoms with van der Waals surface area (Å²) in [7, 11) is 0. The normalized spacial score (nSPS) is 18.1. The Kier molecular flexibility index (Phi) is 8.25.